The molecular formula is C17H34N2O3. The fraction of sp³-hybridized carbons (Fsp3) is 0.882. The van der Waals surface area contributed by atoms with E-state index in [0.29, 0.717) is 18.9 Å². The number of ketones is 1. The van der Waals surface area contributed by atoms with Crippen LogP contribution in [0, 0.1) is 5.92 Å². The second-order valence-electron chi connectivity index (χ2n) is 5.73. The second kappa shape index (κ2) is 12.4. The van der Waals surface area contributed by atoms with E-state index in [1.807, 2.05) is 20.9 Å². The van der Waals surface area contributed by atoms with Crippen molar-refractivity contribution in [1.82, 2.24) is 10.2 Å². The Labute approximate surface area is 135 Å². The lowest BCUT2D eigenvalue weighted by Gasteiger charge is -2.32. The average molecular weight is 314 g/mol. The molecule has 0 bridgehead atoms. The van der Waals surface area contributed by atoms with Crippen LogP contribution in [-0.2, 0) is 9.53 Å². The van der Waals surface area contributed by atoms with Crippen LogP contribution in [0.15, 0.2) is 0 Å². The molecular weight excluding hydrogens is 280 g/mol. The molecule has 1 atom stereocenters. The molecule has 0 saturated carbocycles. The number of hydrogen-bond donors (Lipinski definition) is 1. The highest BCUT2D eigenvalue weighted by atomic mass is 16.6. The van der Waals surface area contributed by atoms with Gasteiger partial charge in [0.15, 0.2) is 0 Å². The van der Waals surface area contributed by atoms with Crippen molar-refractivity contribution in [3.8, 4) is 0 Å². The molecule has 0 spiro atoms. The van der Waals surface area contributed by atoms with Gasteiger partial charge in [0.2, 0.25) is 0 Å². The molecule has 5 heteroatoms. The Bertz CT molecular complexity index is 313. The summed E-state index contributed by atoms with van der Waals surface area (Å²) in [5, 5.41) is 3.10. The molecule has 1 aliphatic heterocycles. The van der Waals surface area contributed by atoms with Crippen LogP contribution in [0.5, 0.6) is 0 Å². The van der Waals surface area contributed by atoms with Crippen molar-refractivity contribution in [1.29, 1.82) is 0 Å². The Hall–Kier alpha value is -1.10. The van der Waals surface area contributed by atoms with Crippen LogP contribution in [0.25, 0.3) is 0 Å². The third kappa shape index (κ3) is 7.78. The van der Waals surface area contributed by atoms with Gasteiger partial charge in [0.1, 0.15) is 5.78 Å². The Morgan fingerprint density at radius 2 is 1.73 bits per heavy atom. The monoisotopic (exact) mass is 314 g/mol. The number of nitrogens with one attached hydrogen (secondary N) is 1. The second-order valence-corrected chi connectivity index (χ2v) is 5.73. The van der Waals surface area contributed by atoms with Gasteiger partial charge in [-0.15, -0.1) is 0 Å². The quantitative estimate of drug-likeness (QED) is 0.818. The molecule has 1 fully saturated rings. The molecule has 130 valence electrons. The van der Waals surface area contributed by atoms with Gasteiger partial charge in [-0.1, -0.05) is 27.2 Å². The fourth-order valence-electron chi connectivity index (χ4n) is 2.56. The van der Waals surface area contributed by atoms with Gasteiger partial charge in [-0.3, -0.25) is 4.79 Å². The molecule has 1 rings (SSSR count). The minimum Gasteiger partial charge on any atom is -0.450 e. The van der Waals surface area contributed by atoms with Crippen LogP contribution in [0.4, 0.5) is 4.79 Å². The highest BCUT2D eigenvalue weighted by molar-refractivity contribution is 5.83. The molecule has 0 aromatic heterocycles. The van der Waals surface area contributed by atoms with E-state index in [9.17, 15) is 9.59 Å². The summed E-state index contributed by atoms with van der Waals surface area (Å²) in [4.78, 5) is 25.1. The fourth-order valence-corrected chi connectivity index (χ4v) is 2.56. The molecule has 1 amide bonds. The summed E-state index contributed by atoms with van der Waals surface area (Å²) in [5.41, 5.74) is 0. The van der Waals surface area contributed by atoms with Crippen molar-refractivity contribution in [2.24, 2.45) is 5.92 Å². The van der Waals surface area contributed by atoms with E-state index in [1.165, 1.54) is 6.42 Å². The Morgan fingerprint density at radius 1 is 1.18 bits per heavy atom. The van der Waals surface area contributed by atoms with Gasteiger partial charge in [0.05, 0.1) is 12.6 Å². The van der Waals surface area contributed by atoms with Crippen molar-refractivity contribution in [2.45, 2.75) is 65.8 Å². The van der Waals surface area contributed by atoms with Crippen LogP contribution in [0.2, 0.25) is 0 Å². The summed E-state index contributed by atoms with van der Waals surface area (Å²) in [6.07, 6.45) is 4.39. The molecule has 1 N–H and O–H groups in total. The molecule has 1 unspecified atom stereocenters. The number of hydrogen-bond acceptors (Lipinski definition) is 4. The number of nitrogens with zero attached hydrogens (tertiary/aromatic N) is 1. The number of Topliss-reactive ketones (excluding diaryl/α,β-unsaturated/α-hetero) is 1. The summed E-state index contributed by atoms with van der Waals surface area (Å²) in [7, 11) is 1.84. The Balaban J connectivity index is 0.00000135. The third-order valence-electron chi connectivity index (χ3n) is 3.80. The zero-order valence-electron chi connectivity index (χ0n) is 15.0. The van der Waals surface area contributed by atoms with Crippen molar-refractivity contribution >= 4 is 11.9 Å². The van der Waals surface area contributed by atoms with Crippen molar-refractivity contribution in [3.05, 3.63) is 0 Å². The van der Waals surface area contributed by atoms with Crippen molar-refractivity contribution in [2.75, 3.05) is 26.7 Å². The van der Waals surface area contributed by atoms with E-state index >= 15 is 0 Å². The molecule has 0 aromatic carbocycles. The lowest BCUT2D eigenvalue weighted by atomic mass is 9.88. The summed E-state index contributed by atoms with van der Waals surface area (Å²) in [6, 6.07) is -0.0378. The Kier molecular flexibility index (Phi) is 11.8. The minimum absolute atomic E-state index is 0.0378. The SMILES string of the molecule is CCC.CCOC(=O)N1CCC(CC(NC)C(=O)CC)CC1. The number of carbonyl (C=O) groups excluding carboxylic acids is 2. The number of likely N-dealkylation sites (tertiary alicyclic amines) is 1. The van der Waals surface area contributed by atoms with Crippen LogP contribution in [0.1, 0.15) is 59.8 Å². The van der Waals surface area contributed by atoms with E-state index in [2.05, 4.69) is 19.2 Å². The topological polar surface area (TPSA) is 58.6 Å². The summed E-state index contributed by atoms with van der Waals surface area (Å²) in [5.74, 6) is 0.786. The molecule has 22 heavy (non-hydrogen) atoms. The number of carbonyl (C=O) groups is 2. The number of piperidine rings is 1. The summed E-state index contributed by atoms with van der Waals surface area (Å²) < 4.78 is 5.00. The van der Waals surface area contributed by atoms with Crippen molar-refractivity contribution < 1.29 is 14.3 Å². The molecule has 0 aliphatic carbocycles. The Morgan fingerprint density at radius 3 is 2.14 bits per heavy atom. The van der Waals surface area contributed by atoms with Gasteiger partial charge in [-0.05, 0) is 39.2 Å². The smallest absolute Gasteiger partial charge is 0.409 e. The van der Waals surface area contributed by atoms with Gasteiger partial charge < -0.3 is 15.0 Å². The zero-order chi connectivity index (χ0) is 17.0. The predicted octanol–water partition coefficient (Wildman–Crippen LogP) is 3.23. The maximum absolute atomic E-state index is 11.7. The first-order valence-corrected chi connectivity index (χ1v) is 8.65. The van der Waals surface area contributed by atoms with Crippen molar-refractivity contribution in [3.63, 3.8) is 0 Å². The first-order chi connectivity index (χ1) is 10.5. The normalized spacial score (nSPS) is 16.5. The van der Waals surface area contributed by atoms with Gasteiger partial charge in [0, 0.05) is 19.5 Å². The number of amides is 1. The summed E-state index contributed by atoms with van der Waals surface area (Å²) in [6.45, 7) is 9.86. The largest absolute Gasteiger partial charge is 0.450 e. The third-order valence-corrected chi connectivity index (χ3v) is 3.80. The molecule has 5 nitrogen and oxygen atoms in total. The highest BCUT2D eigenvalue weighted by Crippen LogP contribution is 2.23. The summed E-state index contributed by atoms with van der Waals surface area (Å²) >= 11 is 0. The van der Waals surface area contributed by atoms with E-state index < -0.39 is 0 Å². The van der Waals surface area contributed by atoms with E-state index in [1.54, 1.807) is 4.90 Å². The molecule has 0 radical (unpaired) electrons. The standard InChI is InChI=1S/C14H26N2O3.C3H8/c1-4-13(17)12(15-3)10-11-6-8-16(9-7-11)14(18)19-5-2;1-3-2/h11-12,15H,4-10H2,1-3H3;3H2,1-2H3. The minimum atomic E-state index is -0.212. The average Bonchev–Trinajstić information content (AvgIpc) is 2.53. The van der Waals surface area contributed by atoms with Crippen LogP contribution in [-0.4, -0.2) is 49.6 Å². The maximum atomic E-state index is 11.7. The van der Waals surface area contributed by atoms with Gasteiger partial charge >= 0.3 is 6.09 Å². The number of likely N-dealkylation sites (N-methyl/N-ethyl adjacent to an activating group) is 1. The van der Waals surface area contributed by atoms with Gasteiger partial charge in [0.25, 0.3) is 0 Å². The number of ether oxygens (including phenoxy) is 1. The van der Waals surface area contributed by atoms with Gasteiger partial charge in [-0.2, -0.15) is 0 Å². The number of rotatable bonds is 6. The first-order valence-electron chi connectivity index (χ1n) is 8.65. The lowest BCUT2D eigenvalue weighted by Crippen LogP contribution is -2.42. The molecule has 1 saturated heterocycles. The lowest BCUT2D eigenvalue weighted by molar-refractivity contribution is -0.121. The molecule has 1 aliphatic rings. The first kappa shape index (κ1) is 20.9. The van der Waals surface area contributed by atoms with E-state index in [0.717, 1.165) is 32.4 Å². The van der Waals surface area contributed by atoms with E-state index in [4.69, 9.17) is 4.74 Å². The maximum Gasteiger partial charge on any atom is 0.409 e. The zero-order valence-corrected chi connectivity index (χ0v) is 15.0. The predicted molar refractivity (Wildman–Crippen MR) is 90.0 cm³/mol. The van der Waals surface area contributed by atoms with Crippen LogP contribution >= 0.6 is 0 Å². The van der Waals surface area contributed by atoms with E-state index in [-0.39, 0.29) is 17.9 Å². The highest BCUT2D eigenvalue weighted by Gasteiger charge is 2.26. The van der Waals surface area contributed by atoms with Crippen LogP contribution in [0.3, 0.4) is 0 Å². The molecule has 1 heterocycles. The molecule has 0 aromatic rings. The van der Waals surface area contributed by atoms with Gasteiger partial charge in [-0.25, -0.2) is 4.79 Å². The van der Waals surface area contributed by atoms with Crippen LogP contribution < -0.4 is 5.32 Å².